The first-order chi connectivity index (χ1) is 8.73. The maximum absolute atomic E-state index is 11.2. The Bertz CT molecular complexity index is 480. The molecule has 0 radical (unpaired) electrons. The molecule has 104 valence electrons. The molecule has 0 aromatic heterocycles. The number of thiol groups is 1. The fourth-order valence-electron chi connectivity index (χ4n) is 1.82. The maximum atomic E-state index is 11.2. The molecule has 0 saturated heterocycles. The van der Waals surface area contributed by atoms with Gasteiger partial charge in [0.15, 0.2) is 0 Å². The number of rotatable bonds is 3. The van der Waals surface area contributed by atoms with Crippen molar-refractivity contribution in [3.8, 4) is 0 Å². The van der Waals surface area contributed by atoms with Gasteiger partial charge in [-0.2, -0.15) is 0 Å². The van der Waals surface area contributed by atoms with Gasteiger partial charge in [0.05, 0.1) is 0 Å². The Balaban J connectivity index is 3.26. The summed E-state index contributed by atoms with van der Waals surface area (Å²) in [5, 5.41) is 11.0. The van der Waals surface area contributed by atoms with E-state index in [0.29, 0.717) is 5.69 Å². The molecule has 1 rings (SSSR count). The molecule has 0 fully saturated rings. The second kappa shape index (κ2) is 6.10. The summed E-state index contributed by atoms with van der Waals surface area (Å²) in [4.78, 5) is 22.7. The molecular weight excluding hydrogens is 262 g/mol. The third-order valence-electron chi connectivity index (χ3n) is 2.87. The van der Waals surface area contributed by atoms with Crippen LogP contribution in [0, 0.1) is 0 Å². The molecule has 19 heavy (non-hydrogen) atoms. The molecule has 0 aliphatic rings. The van der Waals surface area contributed by atoms with E-state index in [2.05, 4.69) is 17.9 Å². The van der Waals surface area contributed by atoms with Crippen LogP contribution in [0.25, 0.3) is 0 Å². The lowest BCUT2D eigenvalue weighted by Crippen LogP contribution is -2.22. The fraction of sp³-hybridized carbons (Fsp3) is 0.429. The highest BCUT2D eigenvalue weighted by atomic mass is 32.1. The predicted octanol–water partition coefficient (Wildman–Crippen LogP) is 3.25. The Morgan fingerprint density at radius 3 is 1.84 bits per heavy atom. The number of carbonyl (C=O) groups excluding carboxylic acids is 1. The van der Waals surface area contributed by atoms with Crippen molar-refractivity contribution in [2.24, 2.45) is 0 Å². The van der Waals surface area contributed by atoms with Crippen LogP contribution >= 0.6 is 12.6 Å². The van der Waals surface area contributed by atoms with Gasteiger partial charge >= 0.3 is 11.9 Å². The first-order valence-corrected chi connectivity index (χ1v) is 6.59. The van der Waals surface area contributed by atoms with Gasteiger partial charge in [0.25, 0.3) is 0 Å². The summed E-state index contributed by atoms with van der Waals surface area (Å²) in [5.41, 5.74) is 2.49. The van der Waals surface area contributed by atoms with E-state index in [9.17, 15) is 9.59 Å². The van der Waals surface area contributed by atoms with Crippen molar-refractivity contribution in [3.05, 3.63) is 23.3 Å². The lowest BCUT2D eigenvalue weighted by Gasteiger charge is -2.18. The number of aliphatic carboxylic acids is 1. The van der Waals surface area contributed by atoms with Gasteiger partial charge in [0.2, 0.25) is 0 Å². The van der Waals surface area contributed by atoms with Crippen LogP contribution in [-0.2, 0) is 9.59 Å². The smallest absolute Gasteiger partial charge is 0.394 e. The topological polar surface area (TPSA) is 66.4 Å². The van der Waals surface area contributed by atoms with Gasteiger partial charge in [-0.15, -0.1) is 12.6 Å². The molecule has 0 unspecified atom stereocenters. The molecular formula is C14H19NO3S. The summed E-state index contributed by atoms with van der Waals surface area (Å²) < 4.78 is 0. The minimum Gasteiger partial charge on any atom is -0.474 e. The average molecular weight is 281 g/mol. The van der Waals surface area contributed by atoms with E-state index in [4.69, 9.17) is 5.11 Å². The lowest BCUT2D eigenvalue weighted by molar-refractivity contribution is -0.147. The van der Waals surface area contributed by atoms with Gasteiger partial charge in [-0.3, -0.25) is 4.79 Å². The maximum Gasteiger partial charge on any atom is 0.394 e. The van der Waals surface area contributed by atoms with Crippen LogP contribution in [0.5, 0.6) is 0 Å². The SMILES string of the molecule is CC(C)c1cc(NC(=O)C(=O)O)cc(C(C)C)c1S. The first-order valence-electron chi connectivity index (χ1n) is 6.15. The van der Waals surface area contributed by atoms with Crippen LogP contribution in [0.1, 0.15) is 50.7 Å². The molecule has 1 aromatic rings. The molecule has 1 aromatic carbocycles. The summed E-state index contributed by atoms with van der Waals surface area (Å²) in [5.74, 6) is -2.04. The zero-order valence-electron chi connectivity index (χ0n) is 11.5. The molecule has 0 heterocycles. The van der Waals surface area contributed by atoms with Crippen LogP contribution in [0.15, 0.2) is 17.0 Å². The third kappa shape index (κ3) is 3.73. The van der Waals surface area contributed by atoms with Crippen molar-refractivity contribution in [2.45, 2.75) is 44.4 Å². The average Bonchev–Trinajstić information content (AvgIpc) is 2.30. The van der Waals surface area contributed by atoms with Crippen LogP contribution in [0.2, 0.25) is 0 Å². The van der Waals surface area contributed by atoms with Gasteiger partial charge < -0.3 is 10.4 Å². The van der Waals surface area contributed by atoms with Crippen LogP contribution in [-0.4, -0.2) is 17.0 Å². The van der Waals surface area contributed by atoms with Crippen molar-refractivity contribution in [1.82, 2.24) is 0 Å². The highest BCUT2D eigenvalue weighted by Crippen LogP contribution is 2.33. The molecule has 1 amide bonds. The lowest BCUT2D eigenvalue weighted by atomic mass is 9.94. The van der Waals surface area contributed by atoms with Gasteiger partial charge in [-0.25, -0.2) is 4.79 Å². The van der Waals surface area contributed by atoms with E-state index in [1.165, 1.54) is 0 Å². The Labute approximate surface area is 118 Å². The van der Waals surface area contributed by atoms with Crippen LogP contribution in [0.3, 0.4) is 0 Å². The summed E-state index contributed by atoms with van der Waals surface area (Å²) in [6, 6.07) is 3.56. The molecule has 0 saturated carbocycles. The zero-order valence-corrected chi connectivity index (χ0v) is 12.4. The fourth-order valence-corrected chi connectivity index (χ4v) is 2.46. The van der Waals surface area contributed by atoms with Gasteiger partial charge in [-0.05, 0) is 35.1 Å². The quantitative estimate of drug-likeness (QED) is 0.588. The molecule has 2 N–H and O–H groups in total. The molecule has 0 aliphatic heterocycles. The van der Waals surface area contributed by atoms with Gasteiger partial charge in [0.1, 0.15) is 0 Å². The summed E-state index contributed by atoms with van der Waals surface area (Å²) in [6.07, 6.45) is 0. The minimum atomic E-state index is -1.49. The Kier molecular flexibility index (Phi) is 5.00. The predicted molar refractivity (Wildman–Crippen MR) is 78.1 cm³/mol. The zero-order chi connectivity index (χ0) is 14.7. The first kappa shape index (κ1) is 15.6. The second-order valence-corrected chi connectivity index (χ2v) is 5.52. The van der Waals surface area contributed by atoms with Crippen molar-refractivity contribution < 1.29 is 14.7 Å². The minimum absolute atomic E-state index is 0.242. The van der Waals surface area contributed by atoms with Crippen molar-refractivity contribution >= 4 is 30.2 Å². The van der Waals surface area contributed by atoms with E-state index in [1.807, 2.05) is 27.7 Å². The van der Waals surface area contributed by atoms with E-state index >= 15 is 0 Å². The van der Waals surface area contributed by atoms with Gasteiger partial charge in [-0.1, -0.05) is 27.7 Å². The normalized spacial score (nSPS) is 10.9. The number of carbonyl (C=O) groups is 2. The molecule has 5 heteroatoms. The summed E-state index contributed by atoms with van der Waals surface area (Å²) in [7, 11) is 0. The highest BCUT2D eigenvalue weighted by molar-refractivity contribution is 7.80. The number of nitrogens with one attached hydrogen (secondary N) is 1. The van der Waals surface area contributed by atoms with E-state index < -0.39 is 11.9 Å². The number of hydrogen-bond donors (Lipinski definition) is 3. The van der Waals surface area contributed by atoms with E-state index in [1.54, 1.807) is 12.1 Å². The van der Waals surface area contributed by atoms with Crippen LogP contribution in [0.4, 0.5) is 5.69 Å². The number of amides is 1. The molecule has 0 spiro atoms. The molecule has 0 bridgehead atoms. The van der Waals surface area contributed by atoms with E-state index in [0.717, 1.165) is 16.0 Å². The second-order valence-electron chi connectivity index (χ2n) is 5.07. The Morgan fingerprint density at radius 2 is 1.53 bits per heavy atom. The van der Waals surface area contributed by atoms with Gasteiger partial charge in [0, 0.05) is 10.6 Å². The summed E-state index contributed by atoms with van der Waals surface area (Å²) >= 11 is 4.54. The number of benzene rings is 1. The number of anilines is 1. The number of hydrogen-bond acceptors (Lipinski definition) is 3. The summed E-state index contributed by atoms with van der Waals surface area (Å²) in [6.45, 7) is 8.12. The van der Waals surface area contributed by atoms with Crippen molar-refractivity contribution in [3.63, 3.8) is 0 Å². The Morgan fingerprint density at radius 1 is 1.11 bits per heavy atom. The standard InChI is InChI=1S/C14H19NO3S/c1-7(2)10-5-9(15-13(16)14(17)18)6-11(8(3)4)12(10)19/h5-8,19H,1-4H3,(H,15,16)(H,17,18). The molecule has 0 atom stereocenters. The van der Waals surface area contributed by atoms with Crippen LogP contribution < -0.4 is 5.32 Å². The van der Waals surface area contributed by atoms with Crippen molar-refractivity contribution in [2.75, 3.05) is 5.32 Å². The number of carboxylic acid groups (broad SMARTS) is 1. The third-order valence-corrected chi connectivity index (χ3v) is 3.38. The molecule has 0 aliphatic carbocycles. The number of carboxylic acids is 1. The highest BCUT2D eigenvalue weighted by Gasteiger charge is 2.16. The van der Waals surface area contributed by atoms with E-state index in [-0.39, 0.29) is 11.8 Å². The molecule has 4 nitrogen and oxygen atoms in total. The monoisotopic (exact) mass is 281 g/mol. The largest absolute Gasteiger partial charge is 0.474 e. The Hall–Kier alpha value is -1.49. The van der Waals surface area contributed by atoms with Crippen molar-refractivity contribution in [1.29, 1.82) is 0 Å².